The van der Waals surface area contributed by atoms with Crippen LogP contribution in [0.3, 0.4) is 0 Å². The fraction of sp³-hybridized carbons (Fsp3) is 0.600. The van der Waals surface area contributed by atoms with Crippen molar-refractivity contribution in [1.29, 1.82) is 0 Å². The first-order chi connectivity index (χ1) is 9.60. The van der Waals surface area contributed by atoms with E-state index < -0.39 is 0 Å². The van der Waals surface area contributed by atoms with Crippen molar-refractivity contribution in [3.63, 3.8) is 0 Å². The molecule has 20 heavy (non-hydrogen) atoms. The van der Waals surface area contributed by atoms with Crippen molar-refractivity contribution in [3.05, 3.63) is 34.4 Å². The molecule has 2 rings (SSSR count). The van der Waals surface area contributed by atoms with E-state index in [1.54, 1.807) is 23.9 Å². The Bertz CT molecular complexity index is 450. The van der Waals surface area contributed by atoms with E-state index in [4.69, 9.17) is 5.73 Å². The van der Waals surface area contributed by atoms with Gasteiger partial charge in [0.2, 0.25) is 0 Å². The molecule has 0 aliphatic heterocycles. The van der Waals surface area contributed by atoms with Gasteiger partial charge in [0.05, 0.1) is 4.92 Å². The van der Waals surface area contributed by atoms with Gasteiger partial charge in [-0.3, -0.25) is 10.1 Å². The molecule has 110 valence electrons. The van der Waals surface area contributed by atoms with E-state index in [1.165, 1.54) is 19.3 Å². The molecule has 5 heteroatoms. The molecule has 0 bridgehead atoms. The van der Waals surface area contributed by atoms with E-state index in [0.717, 1.165) is 23.7 Å². The van der Waals surface area contributed by atoms with Crippen LogP contribution >= 0.6 is 11.8 Å². The van der Waals surface area contributed by atoms with Gasteiger partial charge >= 0.3 is 0 Å². The maximum Gasteiger partial charge on any atom is 0.269 e. The van der Waals surface area contributed by atoms with Gasteiger partial charge in [-0.1, -0.05) is 19.8 Å². The molecule has 0 amide bonds. The normalized spacial score (nSPS) is 26.4. The van der Waals surface area contributed by atoms with Gasteiger partial charge < -0.3 is 5.73 Å². The van der Waals surface area contributed by atoms with Crippen LogP contribution in [0.1, 0.15) is 39.0 Å². The van der Waals surface area contributed by atoms with Gasteiger partial charge in [0, 0.05) is 28.3 Å². The Hall–Kier alpha value is -1.07. The van der Waals surface area contributed by atoms with Crippen molar-refractivity contribution < 1.29 is 4.92 Å². The smallest absolute Gasteiger partial charge is 0.269 e. The second-order valence-corrected chi connectivity index (χ2v) is 6.85. The molecule has 1 aromatic carbocycles. The highest BCUT2D eigenvalue weighted by Crippen LogP contribution is 2.37. The quantitative estimate of drug-likeness (QED) is 0.658. The van der Waals surface area contributed by atoms with Crippen molar-refractivity contribution in [2.24, 2.45) is 11.7 Å². The van der Waals surface area contributed by atoms with Crippen LogP contribution < -0.4 is 5.73 Å². The third kappa shape index (κ3) is 3.96. The molecule has 0 radical (unpaired) electrons. The van der Waals surface area contributed by atoms with E-state index in [9.17, 15) is 10.1 Å². The molecule has 3 atom stereocenters. The minimum absolute atomic E-state index is 0.145. The number of thioether (sulfide) groups is 1. The molecule has 0 saturated heterocycles. The highest BCUT2D eigenvalue weighted by atomic mass is 32.2. The Morgan fingerprint density at radius 2 is 2.05 bits per heavy atom. The number of nitrogens with zero attached hydrogens (tertiary/aromatic N) is 1. The van der Waals surface area contributed by atoms with Gasteiger partial charge in [-0.05, 0) is 37.3 Å². The zero-order valence-electron chi connectivity index (χ0n) is 11.8. The SMILES string of the molecule is CCCC1CCC(N)C(Sc2ccc([N+](=O)[O-])cc2)C1. The van der Waals surface area contributed by atoms with Crippen LogP contribution in [0.25, 0.3) is 0 Å². The summed E-state index contributed by atoms with van der Waals surface area (Å²) in [5.74, 6) is 0.787. The van der Waals surface area contributed by atoms with Crippen molar-refractivity contribution >= 4 is 17.4 Å². The largest absolute Gasteiger partial charge is 0.327 e. The van der Waals surface area contributed by atoms with Crippen LogP contribution in [-0.2, 0) is 0 Å². The van der Waals surface area contributed by atoms with E-state index in [-0.39, 0.29) is 16.7 Å². The van der Waals surface area contributed by atoms with E-state index in [2.05, 4.69) is 6.92 Å². The first-order valence-corrected chi connectivity index (χ1v) is 8.14. The number of non-ortho nitro benzene ring substituents is 1. The van der Waals surface area contributed by atoms with Crippen LogP contribution in [0.2, 0.25) is 0 Å². The lowest BCUT2D eigenvalue weighted by Crippen LogP contribution is -2.38. The average Bonchev–Trinajstić information content (AvgIpc) is 2.43. The van der Waals surface area contributed by atoms with Gasteiger partial charge in [-0.2, -0.15) is 0 Å². The number of rotatable bonds is 5. The maximum absolute atomic E-state index is 10.6. The summed E-state index contributed by atoms with van der Waals surface area (Å²) in [5.41, 5.74) is 6.38. The fourth-order valence-electron chi connectivity index (χ4n) is 2.86. The Kier molecular flexibility index (Phi) is 5.43. The Labute approximate surface area is 124 Å². The Morgan fingerprint density at radius 1 is 1.35 bits per heavy atom. The van der Waals surface area contributed by atoms with Crippen LogP contribution in [-0.4, -0.2) is 16.2 Å². The molecule has 1 fully saturated rings. The molecule has 3 unspecified atom stereocenters. The predicted octanol–water partition coefficient (Wildman–Crippen LogP) is 3.98. The fourth-order valence-corrected chi connectivity index (χ4v) is 4.18. The Morgan fingerprint density at radius 3 is 2.65 bits per heavy atom. The molecule has 0 aromatic heterocycles. The first kappa shape index (κ1) is 15.3. The Balaban J connectivity index is 1.98. The molecule has 0 spiro atoms. The number of nitro groups is 1. The second kappa shape index (κ2) is 7.09. The molecule has 0 heterocycles. The molecule has 1 aromatic rings. The summed E-state index contributed by atoms with van der Waals surface area (Å²) in [5, 5.41) is 11.1. The van der Waals surface area contributed by atoms with Gasteiger partial charge in [-0.25, -0.2) is 0 Å². The van der Waals surface area contributed by atoms with Crippen LogP contribution in [0.4, 0.5) is 5.69 Å². The zero-order valence-corrected chi connectivity index (χ0v) is 12.6. The predicted molar refractivity (Wildman–Crippen MR) is 83.0 cm³/mol. The van der Waals surface area contributed by atoms with Crippen LogP contribution in [0.5, 0.6) is 0 Å². The van der Waals surface area contributed by atoms with Crippen molar-refractivity contribution in [1.82, 2.24) is 0 Å². The van der Waals surface area contributed by atoms with Gasteiger partial charge in [0.25, 0.3) is 5.69 Å². The number of nitro benzene ring substituents is 1. The van der Waals surface area contributed by atoms with Gasteiger partial charge in [0.1, 0.15) is 0 Å². The van der Waals surface area contributed by atoms with Crippen molar-refractivity contribution in [2.75, 3.05) is 0 Å². The standard InChI is InChI=1S/C15H22N2O2S/c1-2-3-11-4-9-14(16)15(10-11)20-13-7-5-12(6-8-13)17(18)19/h5-8,11,14-15H,2-4,9-10,16H2,1H3. The molecule has 1 aliphatic rings. The average molecular weight is 294 g/mol. The lowest BCUT2D eigenvalue weighted by atomic mass is 9.83. The molecular weight excluding hydrogens is 272 g/mol. The number of hydrogen-bond acceptors (Lipinski definition) is 4. The summed E-state index contributed by atoms with van der Waals surface area (Å²) >= 11 is 1.78. The van der Waals surface area contributed by atoms with E-state index in [0.29, 0.717) is 5.25 Å². The van der Waals surface area contributed by atoms with Crippen molar-refractivity contribution in [3.8, 4) is 0 Å². The topological polar surface area (TPSA) is 69.2 Å². The zero-order chi connectivity index (χ0) is 14.5. The van der Waals surface area contributed by atoms with Gasteiger partial charge in [-0.15, -0.1) is 11.8 Å². The molecule has 1 saturated carbocycles. The summed E-state index contributed by atoms with van der Waals surface area (Å²) in [6, 6.07) is 7.04. The lowest BCUT2D eigenvalue weighted by Gasteiger charge is -2.33. The third-order valence-corrected chi connectivity index (χ3v) is 5.37. The first-order valence-electron chi connectivity index (χ1n) is 7.26. The monoisotopic (exact) mass is 294 g/mol. The highest BCUT2D eigenvalue weighted by molar-refractivity contribution is 8.00. The summed E-state index contributed by atoms with van der Waals surface area (Å²) in [4.78, 5) is 11.4. The number of hydrogen-bond donors (Lipinski definition) is 1. The summed E-state index contributed by atoms with van der Waals surface area (Å²) in [7, 11) is 0. The molecule has 1 aliphatic carbocycles. The summed E-state index contributed by atoms with van der Waals surface area (Å²) in [6.07, 6.45) is 6.01. The number of benzene rings is 1. The minimum atomic E-state index is -0.363. The highest BCUT2D eigenvalue weighted by Gasteiger charge is 2.28. The van der Waals surface area contributed by atoms with Crippen LogP contribution in [0.15, 0.2) is 29.2 Å². The maximum atomic E-state index is 10.6. The molecule has 4 nitrogen and oxygen atoms in total. The second-order valence-electron chi connectivity index (χ2n) is 5.54. The summed E-state index contributed by atoms with van der Waals surface area (Å²) in [6.45, 7) is 2.23. The third-order valence-electron chi connectivity index (χ3n) is 3.98. The summed E-state index contributed by atoms with van der Waals surface area (Å²) < 4.78 is 0. The van der Waals surface area contributed by atoms with E-state index in [1.807, 2.05) is 12.1 Å². The van der Waals surface area contributed by atoms with Gasteiger partial charge in [0.15, 0.2) is 0 Å². The minimum Gasteiger partial charge on any atom is -0.327 e. The molecule has 2 N–H and O–H groups in total. The molecular formula is C15H22N2O2S. The number of nitrogens with two attached hydrogens (primary N) is 1. The van der Waals surface area contributed by atoms with Crippen molar-refractivity contribution in [2.45, 2.75) is 55.2 Å². The van der Waals surface area contributed by atoms with Crippen LogP contribution in [0, 0.1) is 16.0 Å². The lowest BCUT2D eigenvalue weighted by molar-refractivity contribution is -0.384. The van der Waals surface area contributed by atoms with E-state index >= 15 is 0 Å².